The molecule has 0 aliphatic heterocycles. The van der Waals surface area contributed by atoms with Crippen LogP contribution in [0.5, 0.6) is 0 Å². The summed E-state index contributed by atoms with van der Waals surface area (Å²) < 4.78 is 61.8. The van der Waals surface area contributed by atoms with Crippen molar-refractivity contribution in [2.45, 2.75) is 29.2 Å². The quantitative estimate of drug-likeness (QED) is 0.754. The molecule has 1 aromatic rings. The molecule has 1 rings (SSSR count). The van der Waals surface area contributed by atoms with E-state index in [2.05, 4.69) is 10.6 Å². The molecule has 0 aliphatic carbocycles. The summed E-state index contributed by atoms with van der Waals surface area (Å²) in [6.07, 6.45) is 5.18. The number of benzene rings is 1. The molecule has 0 aromatic heterocycles. The molecule has 3 N–H and O–H groups in total. The molecule has 0 bridgehead atoms. The molecule has 1 unspecified atom stereocenters. The van der Waals surface area contributed by atoms with Gasteiger partial charge in [-0.1, -0.05) is 0 Å². The first kappa shape index (κ1) is 16.6. The first-order valence-corrected chi connectivity index (χ1v) is 8.39. The number of rotatable bonds is 5. The third-order valence-corrected chi connectivity index (χ3v) is 4.84. The zero-order valence-electron chi connectivity index (χ0n) is 10.5. The molecule has 1 atom stereocenters. The predicted molar refractivity (Wildman–Crippen MR) is 71.0 cm³/mol. The Morgan fingerprint density at radius 3 is 2.45 bits per heavy atom. The van der Waals surface area contributed by atoms with E-state index in [4.69, 9.17) is 11.6 Å². The molecule has 0 saturated heterocycles. The van der Waals surface area contributed by atoms with Crippen molar-refractivity contribution in [1.29, 1.82) is 0 Å². The van der Waals surface area contributed by atoms with Crippen LogP contribution in [0.25, 0.3) is 0 Å². The van der Waals surface area contributed by atoms with E-state index in [0.717, 1.165) is 12.1 Å². The smallest absolute Gasteiger partial charge is 0.225 e. The maximum absolute atomic E-state index is 13.7. The number of nitrogens with two attached hydrogens (primary N) is 1. The molecular weight excluding hydrogens is 307 g/mol. The number of hydrogen-bond donors (Lipinski definition) is 2. The highest BCUT2D eigenvalue weighted by Gasteiger charge is 2.22. The van der Waals surface area contributed by atoms with Gasteiger partial charge >= 0.3 is 0 Å². The van der Waals surface area contributed by atoms with Gasteiger partial charge in [0, 0.05) is 12.5 Å². The number of sulfonamides is 2. The zero-order chi connectivity index (χ0) is 15.6. The molecular formula is C11H13FN2O4S2. The van der Waals surface area contributed by atoms with Crippen LogP contribution in [-0.2, 0) is 20.0 Å². The normalized spacial score (nSPS) is 13.7. The lowest BCUT2D eigenvalue weighted by Crippen LogP contribution is -2.32. The molecule has 0 heterocycles. The largest absolute Gasteiger partial charge is 0.243 e. The van der Waals surface area contributed by atoms with Gasteiger partial charge in [-0.15, -0.1) is 12.3 Å². The highest BCUT2D eigenvalue weighted by molar-refractivity contribution is 7.89. The Kier molecular flexibility index (Phi) is 4.88. The third kappa shape index (κ3) is 4.01. The highest BCUT2D eigenvalue weighted by atomic mass is 32.2. The number of hydrogen-bond acceptors (Lipinski definition) is 4. The van der Waals surface area contributed by atoms with Crippen molar-refractivity contribution < 1.29 is 21.2 Å². The maximum Gasteiger partial charge on any atom is 0.243 e. The van der Waals surface area contributed by atoms with Crippen LogP contribution in [0.4, 0.5) is 4.39 Å². The van der Waals surface area contributed by atoms with Crippen molar-refractivity contribution >= 4 is 20.0 Å². The SMILES string of the molecule is C#CCC(C)NS(=O)(=O)c1ccc(S(N)(=O)=O)cc1F. The summed E-state index contributed by atoms with van der Waals surface area (Å²) in [5, 5.41) is 4.82. The van der Waals surface area contributed by atoms with Gasteiger partial charge in [0.15, 0.2) is 0 Å². The molecule has 110 valence electrons. The van der Waals surface area contributed by atoms with E-state index in [1.165, 1.54) is 6.92 Å². The Morgan fingerprint density at radius 2 is 2.00 bits per heavy atom. The Labute approximate surface area is 117 Å². The second-order valence-electron chi connectivity index (χ2n) is 4.07. The second kappa shape index (κ2) is 5.88. The van der Waals surface area contributed by atoms with Crippen LogP contribution in [-0.4, -0.2) is 22.9 Å². The predicted octanol–water partition coefficient (Wildman–Crippen LogP) is 0.163. The fourth-order valence-corrected chi connectivity index (χ4v) is 3.25. The second-order valence-corrected chi connectivity index (χ2v) is 7.31. The lowest BCUT2D eigenvalue weighted by Gasteiger charge is -2.12. The van der Waals surface area contributed by atoms with Gasteiger partial charge in [0.2, 0.25) is 20.0 Å². The summed E-state index contributed by atoms with van der Waals surface area (Å²) in [7, 11) is -8.23. The fourth-order valence-electron chi connectivity index (χ4n) is 1.42. The molecule has 6 nitrogen and oxygen atoms in total. The zero-order valence-corrected chi connectivity index (χ0v) is 12.1. The standard InChI is InChI=1S/C11H13FN2O4S2/c1-3-4-8(2)14-20(17,18)11-6-5-9(7-10(11)12)19(13,15)16/h1,5-8,14H,4H2,2H3,(H2,13,15,16). The van der Waals surface area contributed by atoms with Crippen LogP contribution >= 0.6 is 0 Å². The van der Waals surface area contributed by atoms with Crippen LogP contribution in [0.2, 0.25) is 0 Å². The molecule has 0 amide bonds. The van der Waals surface area contributed by atoms with Gasteiger partial charge < -0.3 is 0 Å². The summed E-state index contributed by atoms with van der Waals surface area (Å²) in [6.45, 7) is 1.52. The Morgan fingerprint density at radius 1 is 1.40 bits per heavy atom. The summed E-state index contributed by atoms with van der Waals surface area (Å²) in [5.74, 6) is 1.06. The minimum absolute atomic E-state index is 0.135. The molecule has 0 spiro atoms. The van der Waals surface area contributed by atoms with Crippen LogP contribution in [0.15, 0.2) is 28.0 Å². The minimum atomic E-state index is -4.13. The lowest BCUT2D eigenvalue weighted by atomic mass is 10.3. The van der Waals surface area contributed by atoms with Gasteiger partial charge in [0.1, 0.15) is 10.7 Å². The average Bonchev–Trinajstić information content (AvgIpc) is 2.26. The summed E-state index contributed by atoms with van der Waals surface area (Å²) in [6, 6.07) is 1.72. The van der Waals surface area contributed by atoms with Gasteiger partial charge in [-0.25, -0.2) is 31.1 Å². The molecule has 0 saturated carbocycles. The number of halogens is 1. The van der Waals surface area contributed by atoms with E-state index >= 15 is 0 Å². The Bertz CT molecular complexity index is 751. The van der Waals surface area contributed by atoms with Crippen molar-refractivity contribution in [3.63, 3.8) is 0 Å². The van der Waals surface area contributed by atoms with Crippen molar-refractivity contribution in [2.75, 3.05) is 0 Å². The van der Waals surface area contributed by atoms with Gasteiger partial charge in [0.25, 0.3) is 0 Å². The van der Waals surface area contributed by atoms with E-state index in [1.54, 1.807) is 0 Å². The molecule has 0 radical (unpaired) electrons. The topological polar surface area (TPSA) is 106 Å². The van der Waals surface area contributed by atoms with Gasteiger partial charge in [-0.2, -0.15) is 0 Å². The minimum Gasteiger partial charge on any atom is -0.225 e. The van der Waals surface area contributed by atoms with Crippen LogP contribution in [0.1, 0.15) is 13.3 Å². The fraction of sp³-hybridized carbons (Fsp3) is 0.273. The van der Waals surface area contributed by atoms with E-state index in [0.29, 0.717) is 6.07 Å². The molecule has 20 heavy (non-hydrogen) atoms. The summed E-state index contributed by atoms with van der Waals surface area (Å²) >= 11 is 0. The van der Waals surface area contributed by atoms with Gasteiger partial charge in [-0.05, 0) is 25.1 Å². The highest BCUT2D eigenvalue weighted by Crippen LogP contribution is 2.18. The first-order chi connectivity index (χ1) is 9.08. The Balaban J connectivity index is 3.19. The van der Waals surface area contributed by atoms with Gasteiger partial charge in [-0.3, -0.25) is 0 Å². The van der Waals surface area contributed by atoms with Crippen LogP contribution in [0.3, 0.4) is 0 Å². The number of nitrogens with one attached hydrogen (secondary N) is 1. The van der Waals surface area contributed by atoms with Crippen molar-refractivity contribution in [3.05, 3.63) is 24.0 Å². The average molecular weight is 320 g/mol. The van der Waals surface area contributed by atoms with Crippen LogP contribution < -0.4 is 9.86 Å². The maximum atomic E-state index is 13.7. The molecule has 0 fully saturated rings. The first-order valence-electron chi connectivity index (χ1n) is 5.36. The van der Waals surface area contributed by atoms with E-state index in [9.17, 15) is 21.2 Å². The van der Waals surface area contributed by atoms with Crippen molar-refractivity contribution in [2.24, 2.45) is 5.14 Å². The third-order valence-electron chi connectivity index (χ3n) is 2.30. The van der Waals surface area contributed by atoms with E-state index in [-0.39, 0.29) is 6.42 Å². The van der Waals surface area contributed by atoms with E-state index in [1.807, 2.05) is 0 Å². The summed E-state index contributed by atoms with van der Waals surface area (Å²) in [5.41, 5.74) is 0. The molecule has 0 aliphatic rings. The lowest BCUT2D eigenvalue weighted by molar-refractivity contribution is 0.542. The number of terminal acetylenes is 1. The monoisotopic (exact) mass is 320 g/mol. The van der Waals surface area contributed by atoms with Crippen molar-refractivity contribution in [1.82, 2.24) is 4.72 Å². The van der Waals surface area contributed by atoms with E-state index < -0.39 is 41.7 Å². The van der Waals surface area contributed by atoms with Gasteiger partial charge in [0.05, 0.1) is 4.90 Å². The summed E-state index contributed by atoms with van der Waals surface area (Å²) in [4.78, 5) is -1.18. The molecule has 1 aromatic carbocycles. The molecule has 9 heteroatoms. The Hall–Kier alpha value is -1.47. The van der Waals surface area contributed by atoms with Crippen LogP contribution in [0, 0.1) is 18.2 Å². The number of primary sulfonamides is 1. The van der Waals surface area contributed by atoms with Crippen molar-refractivity contribution in [3.8, 4) is 12.3 Å².